The summed E-state index contributed by atoms with van der Waals surface area (Å²) in [6.45, 7) is 5.19. The maximum atomic E-state index is 14.0. The lowest BCUT2D eigenvalue weighted by molar-refractivity contribution is -0.0172. The Kier molecular flexibility index (Phi) is 9.49. The maximum Gasteiger partial charge on any atom is 0.191 e. The summed E-state index contributed by atoms with van der Waals surface area (Å²) in [5, 5.41) is 10.9. The van der Waals surface area contributed by atoms with Crippen molar-refractivity contribution in [2.24, 2.45) is 4.99 Å². The molecule has 3 aromatic rings. The van der Waals surface area contributed by atoms with Crippen molar-refractivity contribution in [2.45, 2.75) is 33.0 Å². The van der Waals surface area contributed by atoms with Gasteiger partial charge in [-0.1, -0.05) is 24.3 Å². The highest BCUT2D eigenvalue weighted by molar-refractivity contribution is 14.0. The van der Waals surface area contributed by atoms with E-state index < -0.39 is 0 Å². The molecule has 0 fully saturated rings. The smallest absolute Gasteiger partial charge is 0.191 e. The van der Waals surface area contributed by atoms with E-state index in [9.17, 15) is 4.39 Å². The number of rotatable bonds is 8. The quantitative estimate of drug-likeness (QED) is 0.247. The van der Waals surface area contributed by atoms with Crippen LogP contribution in [0.2, 0.25) is 0 Å². The molecule has 1 aliphatic rings. The van der Waals surface area contributed by atoms with E-state index in [1.54, 1.807) is 6.20 Å². The molecule has 9 heteroatoms. The van der Waals surface area contributed by atoms with Crippen molar-refractivity contribution in [2.75, 3.05) is 19.9 Å². The summed E-state index contributed by atoms with van der Waals surface area (Å²) >= 11 is 0. The van der Waals surface area contributed by atoms with E-state index in [1.807, 2.05) is 36.0 Å². The van der Waals surface area contributed by atoms with Crippen molar-refractivity contribution in [3.63, 3.8) is 0 Å². The average molecular weight is 565 g/mol. The lowest BCUT2D eigenvalue weighted by Gasteiger charge is -2.21. The summed E-state index contributed by atoms with van der Waals surface area (Å²) in [6, 6.07) is 13.2. The number of hydrogen-bond donors (Lipinski definition) is 2. The van der Waals surface area contributed by atoms with E-state index >= 15 is 0 Å². The van der Waals surface area contributed by atoms with Gasteiger partial charge in [0.2, 0.25) is 0 Å². The third kappa shape index (κ3) is 6.91. The van der Waals surface area contributed by atoms with Crippen LogP contribution < -0.4 is 15.4 Å². The van der Waals surface area contributed by atoms with E-state index in [0.717, 1.165) is 34.9 Å². The Balaban J connectivity index is 0.00000306. The van der Waals surface area contributed by atoms with Crippen molar-refractivity contribution in [3.05, 3.63) is 82.9 Å². The highest BCUT2D eigenvalue weighted by Crippen LogP contribution is 2.29. The Morgan fingerprint density at radius 2 is 2.00 bits per heavy atom. The van der Waals surface area contributed by atoms with Crippen molar-refractivity contribution < 1.29 is 13.9 Å². The zero-order chi connectivity index (χ0) is 22.2. The summed E-state index contributed by atoms with van der Waals surface area (Å²) in [4.78, 5) is 4.75. The molecule has 176 valence electrons. The average Bonchev–Trinajstić information content (AvgIpc) is 3.31. The van der Waals surface area contributed by atoms with Gasteiger partial charge in [-0.3, -0.25) is 4.68 Å². The molecule has 4 rings (SSSR count). The van der Waals surface area contributed by atoms with Gasteiger partial charge in [-0.25, -0.2) is 9.38 Å². The Bertz CT molecular complexity index is 1060. The largest absolute Gasteiger partial charge is 0.467 e. The fraction of sp³-hybridized carbons (Fsp3) is 0.333. The van der Waals surface area contributed by atoms with Crippen LogP contribution in [0.5, 0.6) is 5.75 Å². The van der Waals surface area contributed by atoms with Gasteiger partial charge in [0.1, 0.15) is 11.6 Å². The minimum atomic E-state index is -0.276. The standard InChI is InChI=1S/C24H28FN5O2.HI/c1-2-26-24(27-10-8-18-12-22(25)13-21-16-31-17-32-23(18)21)28-14-19-6-3-4-7-20(19)15-30-11-5-9-29-30;/h3-7,9,11-13H,2,8,10,14-17H2,1H3,(H2,26,27,28);1H. The first-order valence-electron chi connectivity index (χ1n) is 10.8. The molecule has 0 aliphatic carbocycles. The van der Waals surface area contributed by atoms with Gasteiger partial charge in [-0.05, 0) is 48.2 Å². The predicted molar refractivity (Wildman–Crippen MR) is 136 cm³/mol. The molecule has 0 unspecified atom stereocenters. The molecule has 0 radical (unpaired) electrons. The van der Waals surface area contributed by atoms with Gasteiger partial charge in [0.25, 0.3) is 0 Å². The van der Waals surface area contributed by atoms with Crippen LogP contribution in [0.25, 0.3) is 0 Å². The second-order valence-electron chi connectivity index (χ2n) is 7.51. The van der Waals surface area contributed by atoms with Gasteiger partial charge in [0.05, 0.1) is 19.7 Å². The number of nitrogens with zero attached hydrogens (tertiary/aromatic N) is 3. The summed E-state index contributed by atoms with van der Waals surface area (Å²) in [5.41, 5.74) is 3.91. The number of hydrogen-bond acceptors (Lipinski definition) is 4. The minimum absolute atomic E-state index is 0. The van der Waals surface area contributed by atoms with Crippen LogP contribution in [0.3, 0.4) is 0 Å². The fourth-order valence-electron chi connectivity index (χ4n) is 3.70. The van der Waals surface area contributed by atoms with Crippen molar-refractivity contribution in [1.29, 1.82) is 0 Å². The van der Waals surface area contributed by atoms with Gasteiger partial charge < -0.3 is 20.1 Å². The lowest BCUT2D eigenvalue weighted by atomic mass is 10.1. The van der Waals surface area contributed by atoms with Crippen LogP contribution in [-0.2, 0) is 30.9 Å². The highest BCUT2D eigenvalue weighted by Gasteiger charge is 2.16. The van der Waals surface area contributed by atoms with Crippen LogP contribution in [0.4, 0.5) is 4.39 Å². The third-order valence-corrected chi connectivity index (χ3v) is 5.20. The van der Waals surface area contributed by atoms with E-state index in [-0.39, 0.29) is 36.6 Å². The molecule has 2 heterocycles. The molecule has 1 aromatic heterocycles. The SMILES string of the molecule is CCNC(=NCc1ccccc1Cn1cccn1)NCCc1cc(F)cc2c1OCOC2.I. The normalized spacial score (nSPS) is 13.0. The topological polar surface area (TPSA) is 72.7 Å². The summed E-state index contributed by atoms with van der Waals surface area (Å²) in [7, 11) is 0. The van der Waals surface area contributed by atoms with E-state index in [0.29, 0.717) is 32.7 Å². The van der Waals surface area contributed by atoms with Gasteiger partial charge in [-0.15, -0.1) is 24.0 Å². The monoisotopic (exact) mass is 565 g/mol. The molecule has 0 saturated heterocycles. The first-order valence-corrected chi connectivity index (χ1v) is 10.8. The van der Waals surface area contributed by atoms with Crippen molar-refractivity contribution >= 4 is 29.9 Å². The predicted octanol–water partition coefficient (Wildman–Crippen LogP) is 3.85. The fourth-order valence-corrected chi connectivity index (χ4v) is 3.70. The Morgan fingerprint density at radius 3 is 2.79 bits per heavy atom. The van der Waals surface area contributed by atoms with Gasteiger partial charge in [0, 0.05) is 31.0 Å². The Labute approximate surface area is 210 Å². The molecule has 2 N–H and O–H groups in total. The molecule has 0 amide bonds. The highest BCUT2D eigenvalue weighted by atomic mass is 127. The van der Waals surface area contributed by atoms with Crippen LogP contribution in [0.15, 0.2) is 59.9 Å². The van der Waals surface area contributed by atoms with Crippen LogP contribution in [0.1, 0.15) is 29.2 Å². The molecule has 0 atom stereocenters. The van der Waals surface area contributed by atoms with Crippen molar-refractivity contribution in [1.82, 2.24) is 20.4 Å². The van der Waals surface area contributed by atoms with Gasteiger partial charge in [-0.2, -0.15) is 5.10 Å². The molecule has 33 heavy (non-hydrogen) atoms. The number of aliphatic imine (C=N–C) groups is 1. The van der Waals surface area contributed by atoms with E-state index in [4.69, 9.17) is 14.5 Å². The molecule has 0 saturated carbocycles. The number of nitrogens with one attached hydrogen (secondary N) is 2. The second-order valence-corrected chi connectivity index (χ2v) is 7.51. The van der Waals surface area contributed by atoms with Crippen LogP contribution >= 0.6 is 24.0 Å². The lowest BCUT2D eigenvalue weighted by Crippen LogP contribution is -2.38. The first-order chi connectivity index (χ1) is 15.7. The number of ether oxygens (including phenoxy) is 2. The van der Waals surface area contributed by atoms with Crippen molar-refractivity contribution in [3.8, 4) is 5.75 Å². The van der Waals surface area contributed by atoms with E-state index in [2.05, 4.69) is 27.9 Å². The Hall–Kier alpha value is -2.66. The molecule has 2 aromatic carbocycles. The molecule has 1 aliphatic heterocycles. The number of halogens is 2. The van der Waals surface area contributed by atoms with Crippen LogP contribution in [-0.4, -0.2) is 35.6 Å². The second kappa shape index (κ2) is 12.5. The van der Waals surface area contributed by atoms with Gasteiger partial charge in [0.15, 0.2) is 12.8 Å². The number of fused-ring (bicyclic) bond motifs is 1. The van der Waals surface area contributed by atoms with E-state index in [1.165, 1.54) is 17.7 Å². The summed E-state index contributed by atoms with van der Waals surface area (Å²) < 4.78 is 26.7. The zero-order valence-electron chi connectivity index (χ0n) is 18.6. The van der Waals surface area contributed by atoms with Gasteiger partial charge >= 0.3 is 0 Å². The zero-order valence-corrected chi connectivity index (χ0v) is 20.9. The van der Waals surface area contributed by atoms with Crippen LogP contribution in [0, 0.1) is 5.82 Å². The summed E-state index contributed by atoms with van der Waals surface area (Å²) in [5.74, 6) is 1.17. The maximum absolute atomic E-state index is 14.0. The summed E-state index contributed by atoms with van der Waals surface area (Å²) in [6.07, 6.45) is 4.34. The number of aromatic nitrogens is 2. The Morgan fingerprint density at radius 1 is 1.15 bits per heavy atom. The first kappa shape index (κ1) is 25.0. The minimum Gasteiger partial charge on any atom is -0.467 e. The molecule has 0 spiro atoms. The third-order valence-electron chi connectivity index (χ3n) is 5.20. The molecule has 7 nitrogen and oxygen atoms in total. The molecule has 0 bridgehead atoms. The molecular weight excluding hydrogens is 536 g/mol. The molecular formula is C24H29FIN5O2. The number of guanidine groups is 1. The number of benzene rings is 2.